The number of nitrogens with one attached hydrogen (secondary N) is 1. The summed E-state index contributed by atoms with van der Waals surface area (Å²) < 4.78 is 11.5. The molecule has 0 fully saturated rings. The van der Waals surface area contributed by atoms with Crippen molar-refractivity contribution in [2.45, 2.75) is 17.3 Å². The highest BCUT2D eigenvalue weighted by Gasteiger charge is 2.23. The van der Waals surface area contributed by atoms with Gasteiger partial charge < -0.3 is 19.7 Å². The topological polar surface area (TPSA) is 76.6 Å². The highest BCUT2D eigenvalue weighted by atomic mass is 32.2. The fourth-order valence-corrected chi connectivity index (χ4v) is 4.47. The number of hydrogen-bond acceptors (Lipinski definition) is 8. The van der Waals surface area contributed by atoms with Gasteiger partial charge in [-0.05, 0) is 29.7 Å². The zero-order valence-corrected chi connectivity index (χ0v) is 17.0. The zero-order valence-electron chi connectivity index (χ0n) is 15.4. The molecule has 1 aromatic heterocycles. The predicted molar refractivity (Wildman–Crippen MR) is 108 cm³/mol. The number of hydrogen-bond donors (Lipinski definition) is 1. The van der Waals surface area contributed by atoms with Crippen LogP contribution < -0.4 is 14.8 Å². The van der Waals surface area contributed by atoms with Gasteiger partial charge in [0.25, 0.3) is 0 Å². The molecule has 0 saturated heterocycles. The first-order chi connectivity index (χ1) is 13.1. The van der Waals surface area contributed by atoms with Gasteiger partial charge in [0.05, 0.1) is 20.0 Å². The van der Waals surface area contributed by atoms with E-state index in [1.165, 1.54) is 28.7 Å². The van der Waals surface area contributed by atoms with Gasteiger partial charge in [-0.2, -0.15) is 0 Å². The van der Waals surface area contributed by atoms with Crippen LogP contribution in [-0.2, 0) is 17.8 Å². The molecule has 27 heavy (non-hydrogen) atoms. The van der Waals surface area contributed by atoms with Crippen LogP contribution in [0.5, 0.6) is 11.5 Å². The zero-order chi connectivity index (χ0) is 19.2. The summed E-state index contributed by atoms with van der Waals surface area (Å²) in [4.78, 5) is 14.5. The Kier molecular flexibility index (Phi) is 6.57. The molecule has 0 aliphatic carbocycles. The van der Waals surface area contributed by atoms with Crippen LogP contribution in [0.1, 0.15) is 11.1 Å². The summed E-state index contributed by atoms with van der Waals surface area (Å²) in [5, 5.41) is 12.0. The van der Waals surface area contributed by atoms with Crippen LogP contribution in [0.4, 0.5) is 5.13 Å². The number of fused-ring (bicyclic) bond motifs is 1. The molecule has 3 rings (SSSR count). The number of amides is 1. The van der Waals surface area contributed by atoms with Crippen molar-refractivity contribution in [3.63, 3.8) is 0 Å². The molecule has 7 nitrogen and oxygen atoms in total. The van der Waals surface area contributed by atoms with Crippen LogP contribution in [0.15, 0.2) is 29.1 Å². The van der Waals surface area contributed by atoms with E-state index in [4.69, 9.17) is 9.47 Å². The smallest absolute Gasteiger partial charge is 0.233 e. The maximum Gasteiger partial charge on any atom is 0.233 e. The van der Waals surface area contributed by atoms with Gasteiger partial charge in [-0.15, -0.1) is 16.8 Å². The van der Waals surface area contributed by atoms with E-state index in [1.54, 1.807) is 20.3 Å². The third-order valence-electron chi connectivity index (χ3n) is 4.19. The fraction of sp³-hybridized carbons (Fsp3) is 0.389. The Hall–Kier alpha value is -2.26. The first kappa shape index (κ1) is 19.5. The van der Waals surface area contributed by atoms with Crippen molar-refractivity contribution in [1.29, 1.82) is 0 Å². The summed E-state index contributed by atoms with van der Waals surface area (Å²) in [6, 6.07) is 3.97. The molecule has 0 spiro atoms. The minimum Gasteiger partial charge on any atom is -0.493 e. The second kappa shape index (κ2) is 9.09. The first-order valence-electron chi connectivity index (χ1n) is 8.47. The average molecular weight is 407 g/mol. The Labute approximate surface area is 166 Å². The minimum atomic E-state index is 0.0937. The number of methoxy groups -OCH3 is 2. The number of thioether (sulfide) groups is 1. The van der Waals surface area contributed by atoms with Gasteiger partial charge >= 0.3 is 0 Å². The lowest BCUT2D eigenvalue weighted by molar-refractivity contribution is -0.129. The maximum absolute atomic E-state index is 12.6. The number of anilines is 1. The molecule has 1 amide bonds. The third-order valence-corrected chi connectivity index (χ3v) is 6.19. The molecule has 0 atom stereocenters. The Bertz CT molecular complexity index is 825. The lowest BCUT2D eigenvalue weighted by Gasteiger charge is -2.29. The Morgan fingerprint density at radius 2 is 2.07 bits per heavy atom. The van der Waals surface area contributed by atoms with Crippen LogP contribution in [0.25, 0.3) is 0 Å². The van der Waals surface area contributed by atoms with Crippen LogP contribution >= 0.6 is 23.1 Å². The van der Waals surface area contributed by atoms with Crippen molar-refractivity contribution in [1.82, 2.24) is 15.1 Å². The van der Waals surface area contributed by atoms with E-state index in [0.717, 1.165) is 27.2 Å². The molecule has 1 aliphatic heterocycles. The molecule has 0 unspecified atom stereocenters. The molecular weight excluding hydrogens is 384 g/mol. The van der Waals surface area contributed by atoms with Crippen molar-refractivity contribution in [2.75, 3.05) is 38.4 Å². The SMILES string of the molecule is C=CCNc1nnc(SCC(=O)N2CCc3cc(OC)c(OC)cc3C2)s1. The molecule has 1 aromatic carbocycles. The number of nitrogens with zero attached hydrogens (tertiary/aromatic N) is 3. The second-order valence-corrected chi connectivity index (χ2v) is 8.07. The van der Waals surface area contributed by atoms with Crippen molar-refractivity contribution in [2.24, 2.45) is 0 Å². The minimum absolute atomic E-state index is 0.0937. The summed E-state index contributed by atoms with van der Waals surface area (Å²) in [7, 11) is 3.25. The average Bonchev–Trinajstić information content (AvgIpc) is 3.16. The standard InChI is InChI=1S/C18H22N4O3S2/c1-4-6-19-17-20-21-18(27-17)26-11-16(23)22-7-5-12-8-14(24-2)15(25-3)9-13(12)10-22/h4,8-9H,1,5-7,10-11H2,2-3H3,(H,19,20). The first-order valence-corrected chi connectivity index (χ1v) is 10.3. The molecule has 0 radical (unpaired) electrons. The lowest BCUT2D eigenvalue weighted by Crippen LogP contribution is -2.37. The predicted octanol–water partition coefficient (Wildman–Crippen LogP) is 2.83. The van der Waals surface area contributed by atoms with E-state index >= 15 is 0 Å². The number of rotatable bonds is 8. The molecule has 2 aromatic rings. The number of carbonyl (C=O) groups excluding carboxylic acids is 1. The van der Waals surface area contributed by atoms with Gasteiger partial charge in [-0.1, -0.05) is 29.2 Å². The van der Waals surface area contributed by atoms with Crippen LogP contribution in [0.2, 0.25) is 0 Å². The molecule has 144 valence electrons. The highest BCUT2D eigenvalue weighted by Crippen LogP contribution is 2.33. The van der Waals surface area contributed by atoms with Crippen molar-refractivity contribution < 1.29 is 14.3 Å². The maximum atomic E-state index is 12.6. The lowest BCUT2D eigenvalue weighted by atomic mass is 9.99. The second-order valence-electron chi connectivity index (χ2n) is 5.87. The summed E-state index contributed by atoms with van der Waals surface area (Å²) in [5.41, 5.74) is 2.30. The summed E-state index contributed by atoms with van der Waals surface area (Å²) in [6.45, 7) is 5.57. The van der Waals surface area contributed by atoms with Gasteiger partial charge in [-0.3, -0.25) is 4.79 Å². The van der Waals surface area contributed by atoms with E-state index in [1.807, 2.05) is 17.0 Å². The van der Waals surface area contributed by atoms with Gasteiger partial charge in [-0.25, -0.2) is 0 Å². The molecule has 1 aliphatic rings. The number of benzene rings is 1. The van der Waals surface area contributed by atoms with Crippen LogP contribution in [-0.4, -0.2) is 54.1 Å². The van der Waals surface area contributed by atoms with E-state index in [2.05, 4.69) is 22.1 Å². The summed E-state index contributed by atoms with van der Waals surface area (Å²) in [6.07, 6.45) is 2.57. The normalized spacial score (nSPS) is 13.0. The third kappa shape index (κ3) is 4.72. The Morgan fingerprint density at radius 3 is 2.78 bits per heavy atom. The largest absolute Gasteiger partial charge is 0.493 e. The quantitative estimate of drug-likeness (QED) is 0.534. The molecule has 9 heteroatoms. The van der Waals surface area contributed by atoms with Gasteiger partial charge in [0, 0.05) is 19.6 Å². The molecule has 0 bridgehead atoms. The molecule has 0 saturated carbocycles. The van der Waals surface area contributed by atoms with Crippen LogP contribution in [0.3, 0.4) is 0 Å². The molecule has 1 N–H and O–H groups in total. The summed E-state index contributed by atoms with van der Waals surface area (Å²) >= 11 is 2.85. The summed E-state index contributed by atoms with van der Waals surface area (Å²) in [5.74, 6) is 1.85. The van der Waals surface area contributed by atoms with Crippen molar-refractivity contribution >= 4 is 34.1 Å². The number of ether oxygens (including phenoxy) is 2. The van der Waals surface area contributed by atoms with Crippen molar-refractivity contribution in [3.8, 4) is 11.5 Å². The molecular formula is C18H22N4O3S2. The fourth-order valence-electron chi connectivity index (χ4n) is 2.81. The Morgan fingerprint density at radius 1 is 1.33 bits per heavy atom. The number of aromatic nitrogens is 2. The Balaban J connectivity index is 1.59. The number of carbonyl (C=O) groups is 1. The highest BCUT2D eigenvalue weighted by molar-refractivity contribution is 8.01. The monoisotopic (exact) mass is 406 g/mol. The van der Waals surface area contributed by atoms with E-state index in [0.29, 0.717) is 31.1 Å². The van der Waals surface area contributed by atoms with E-state index < -0.39 is 0 Å². The van der Waals surface area contributed by atoms with Crippen molar-refractivity contribution in [3.05, 3.63) is 35.9 Å². The molecule has 2 heterocycles. The van der Waals surface area contributed by atoms with E-state index in [9.17, 15) is 4.79 Å². The van der Waals surface area contributed by atoms with Gasteiger partial charge in [0.15, 0.2) is 15.8 Å². The van der Waals surface area contributed by atoms with Crippen LogP contribution in [0, 0.1) is 0 Å². The van der Waals surface area contributed by atoms with Gasteiger partial charge in [0.1, 0.15) is 0 Å². The van der Waals surface area contributed by atoms with E-state index in [-0.39, 0.29) is 5.91 Å². The van der Waals surface area contributed by atoms with Gasteiger partial charge in [0.2, 0.25) is 11.0 Å².